The van der Waals surface area contributed by atoms with Crippen molar-refractivity contribution >= 4 is 23.2 Å². The monoisotopic (exact) mass is 360 g/mol. The van der Waals surface area contributed by atoms with Gasteiger partial charge in [0.1, 0.15) is 0 Å². The number of carbonyl (C=O) groups is 1. The third-order valence-electron chi connectivity index (χ3n) is 3.72. The summed E-state index contributed by atoms with van der Waals surface area (Å²) in [4.78, 5) is 18.5. The average molecular weight is 361 g/mol. The van der Waals surface area contributed by atoms with Crippen LogP contribution in [-0.2, 0) is 6.42 Å². The van der Waals surface area contributed by atoms with Crippen LogP contribution >= 0.6 is 11.6 Å². The predicted molar refractivity (Wildman–Crippen MR) is 103 cm³/mol. The van der Waals surface area contributed by atoms with Crippen LogP contribution in [0.25, 0.3) is 0 Å². The summed E-state index contributed by atoms with van der Waals surface area (Å²) in [6.45, 7) is 2.44. The van der Waals surface area contributed by atoms with Gasteiger partial charge in [-0.1, -0.05) is 23.7 Å². The molecule has 0 atom stereocenters. The third kappa shape index (κ3) is 7.11. The lowest BCUT2D eigenvalue weighted by molar-refractivity contribution is 0.0954. The molecule has 2 N–H and O–H groups in total. The first-order chi connectivity index (χ1) is 12.0. The minimum absolute atomic E-state index is 0.113. The van der Waals surface area contributed by atoms with E-state index >= 15 is 0 Å². The predicted octanol–water partition coefficient (Wildman–Crippen LogP) is 3.07. The quantitative estimate of drug-likeness (QED) is 0.675. The number of benzene rings is 1. The number of rotatable bonds is 9. The number of carbonyl (C=O) groups excluding carboxylic acids is 1. The Balaban J connectivity index is 1.78. The lowest BCUT2D eigenvalue weighted by Gasteiger charge is -2.11. The van der Waals surface area contributed by atoms with E-state index in [0.717, 1.165) is 37.2 Å². The minimum Gasteiger partial charge on any atom is -0.384 e. The molecule has 5 nitrogen and oxygen atoms in total. The van der Waals surface area contributed by atoms with Gasteiger partial charge >= 0.3 is 0 Å². The fraction of sp³-hybridized carbons (Fsp3) is 0.368. The number of amides is 1. The van der Waals surface area contributed by atoms with Crippen LogP contribution in [0.3, 0.4) is 0 Å². The van der Waals surface area contributed by atoms with Gasteiger partial charge in [-0.05, 0) is 57.2 Å². The molecule has 0 saturated carbocycles. The molecule has 134 valence electrons. The Bertz CT molecular complexity index is 673. The van der Waals surface area contributed by atoms with Crippen molar-refractivity contribution in [3.05, 3.63) is 58.9 Å². The molecule has 0 radical (unpaired) electrons. The zero-order chi connectivity index (χ0) is 18.1. The molecule has 0 spiro atoms. The van der Waals surface area contributed by atoms with Crippen LogP contribution in [0.2, 0.25) is 5.02 Å². The summed E-state index contributed by atoms with van der Waals surface area (Å²) in [6.07, 6.45) is 5.12. The van der Waals surface area contributed by atoms with Gasteiger partial charge in [0.15, 0.2) is 0 Å². The molecule has 2 rings (SSSR count). The van der Waals surface area contributed by atoms with Gasteiger partial charge in [-0.3, -0.25) is 9.78 Å². The van der Waals surface area contributed by atoms with Crippen LogP contribution in [0.5, 0.6) is 0 Å². The van der Waals surface area contributed by atoms with Crippen LogP contribution in [0, 0.1) is 0 Å². The summed E-state index contributed by atoms with van der Waals surface area (Å²) in [5.74, 6) is -0.113. The van der Waals surface area contributed by atoms with Gasteiger partial charge in [-0.25, -0.2) is 0 Å². The second kappa shape index (κ2) is 10.0. The Morgan fingerprint density at radius 1 is 1.16 bits per heavy atom. The molecule has 0 aliphatic heterocycles. The van der Waals surface area contributed by atoms with Gasteiger partial charge in [-0.15, -0.1) is 0 Å². The molecule has 0 saturated heterocycles. The summed E-state index contributed by atoms with van der Waals surface area (Å²) >= 11 is 5.87. The topological polar surface area (TPSA) is 57.3 Å². The number of halogens is 1. The molecule has 6 heteroatoms. The van der Waals surface area contributed by atoms with Crippen molar-refractivity contribution in [1.29, 1.82) is 0 Å². The first-order valence-electron chi connectivity index (χ1n) is 8.41. The lowest BCUT2D eigenvalue weighted by atomic mass is 10.1. The van der Waals surface area contributed by atoms with Crippen LogP contribution in [0.4, 0.5) is 5.69 Å². The molecule has 0 bridgehead atoms. The summed E-state index contributed by atoms with van der Waals surface area (Å²) in [5.41, 5.74) is 2.57. The van der Waals surface area contributed by atoms with Crippen LogP contribution in [0.15, 0.2) is 42.7 Å². The van der Waals surface area contributed by atoms with Gasteiger partial charge in [0, 0.05) is 30.5 Å². The second-order valence-corrected chi connectivity index (χ2v) is 6.61. The summed E-state index contributed by atoms with van der Waals surface area (Å²) in [5, 5.41) is 6.94. The molecular weight excluding hydrogens is 336 g/mol. The Morgan fingerprint density at radius 3 is 2.64 bits per heavy atom. The number of pyridine rings is 1. The zero-order valence-electron chi connectivity index (χ0n) is 14.8. The molecule has 1 heterocycles. The van der Waals surface area contributed by atoms with Crippen molar-refractivity contribution in [2.45, 2.75) is 12.8 Å². The van der Waals surface area contributed by atoms with Crippen molar-refractivity contribution in [1.82, 2.24) is 15.2 Å². The highest BCUT2D eigenvalue weighted by atomic mass is 35.5. The molecule has 1 aromatic heterocycles. The molecule has 0 aliphatic carbocycles. The van der Waals surface area contributed by atoms with Crippen molar-refractivity contribution in [2.75, 3.05) is 39.0 Å². The van der Waals surface area contributed by atoms with E-state index in [2.05, 4.69) is 34.6 Å². The number of anilines is 1. The van der Waals surface area contributed by atoms with E-state index in [9.17, 15) is 4.79 Å². The largest absolute Gasteiger partial charge is 0.384 e. The van der Waals surface area contributed by atoms with Crippen molar-refractivity contribution in [3.8, 4) is 0 Å². The fourth-order valence-corrected chi connectivity index (χ4v) is 2.49. The highest BCUT2D eigenvalue weighted by Gasteiger charge is 2.06. The van der Waals surface area contributed by atoms with Gasteiger partial charge in [0.2, 0.25) is 0 Å². The van der Waals surface area contributed by atoms with Crippen molar-refractivity contribution < 1.29 is 4.79 Å². The molecule has 1 amide bonds. The molecule has 2 aromatic rings. The van der Waals surface area contributed by atoms with Crippen molar-refractivity contribution in [2.24, 2.45) is 0 Å². The lowest BCUT2D eigenvalue weighted by Crippen LogP contribution is -2.26. The van der Waals surface area contributed by atoms with Crippen LogP contribution in [-0.4, -0.2) is 49.5 Å². The number of nitrogens with zero attached hydrogens (tertiary/aromatic N) is 2. The van der Waals surface area contributed by atoms with Gasteiger partial charge in [0.25, 0.3) is 5.91 Å². The molecule has 0 aliphatic rings. The first-order valence-corrected chi connectivity index (χ1v) is 8.78. The Labute approximate surface area is 154 Å². The van der Waals surface area contributed by atoms with E-state index in [4.69, 9.17) is 11.6 Å². The number of hydrogen-bond donors (Lipinski definition) is 2. The normalized spacial score (nSPS) is 10.7. The van der Waals surface area contributed by atoms with E-state index in [-0.39, 0.29) is 5.91 Å². The van der Waals surface area contributed by atoms with E-state index in [0.29, 0.717) is 17.1 Å². The smallest absolute Gasteiger partial charge is 0.252 e. The van der Waals surface area contributed by atoms with Crippen molar-refractivity contribution in [3.63, 3.8) is 0 Å². The number of aromatic nitrogens is 1. The second-order valence-electron chi connectivity index (χ2n) is 6.18. The molecule has 0 fully saturated rings. The van der Waals surface area contributed by atoms with E-state index in [1.165, 1.54) is 0 Å². The Morgan fingerprint density at radius 2 is 1.92 bits per heavy atom. The highest BCUT2D eigenvalue weighted by Crippen LogP contribution is 2.10. The summed E-state index contributed by atoms with van der Waals surface area (Å²) < 4.78 is 0. The fourth-order valence-electron chi connectivity index (χ4n) is 2.36. The number of hydrogen-bond acceptors (Lipinski definition) is 4. The van der Waals surface area contributed by atoms with E-state index < -0.39 is 0 Å². The summed E-state index contributed by atoms with van der Waals surface area (Å²) in [6, 6.07) is 9.48. The van der Waals surface area contributed by atoms with E-state index in [1.54, 1.807) is 12.4 Å². The SMILES string of the molecule is CN(C)CCCNc1cncc(C(=O)NCCc2ccc(Cl)cc2)c1. The van der Waals surface area contributed by atoms with Gasteiger partial charge < -0.3 is 15.5 Å². The van der Waals surface area contributed by atoms with Gasteiger partial charge in [0.05, 0.1) is 11.3 Å². The maximum atomic E-state index is 12.3. The third-order valence-corrected chi connectivity index (χ3v) is 3.98. The first kappa shape index (κ1) is 19.2. The van der Waals surface area contributed by atoms with Crippen LogP contribution < -0.4 is 10.6 Å². The average Bonchev–Trinajstić information content (AvgIpc) is 2.60. The summed E-state index contributed by atoms with van der Waals surface area (Å²) in [7, 11) is 4.10. The standard InChI is InChI=1S/C19H25ClN4O/c1-24(2)11-3-9-22-18-12-16(13-21-14-18)19(25)23-10-8-15-4-6-17(20)7-5-15/h4-7,12-14,22H,3,8-11H2,1-2H3,(H,23,25). The maximum Gasteiger partial charge on any atom is 0.252 e. The molecule has 0 unspecified atom stereocenters. The number of nitrogens with one attached hydrogen (secondary N) is 2. The van der Waals surface area contributed by atoms with Crippen LogP contribution in [0.1, 0.15) is 22.3 Å². The highest BCUT2D eigenvalue weighted by molar-refractivity contribution is 6.30. The Kier molecular flexibility index (Phi) is 7.70. The molecule has 1 aromatic carbocycles. The van der Waals surface area contributed by atoms with E-state index in [1.807, 2.05) is 30.3 Å². The zero-order valence-corrected chi connectivity index (χ0v) is 15.5. The van der Waals surface area contributed by atoms with Gasteiger partial charge in [-0.2, -0.15) is 0 Å². The minimum atomic E-state index is -0.113. The Hall–Kier alpha value is -2.11. The molecular formula is C19H25ClN4O. The molecule has 25 heavy (non-hydrogen) atoms. The maximum absolute atomic E-state index is 12.3.